The van der Waals surface area contributed by atoms with Gasteiger partial charge in [0.1, 0.15) is 18.2 Å². The van der Waals surface area contributed by atoms with Gasteiger partial charge >= 0.3 is 0 Å². The summed E-state index contributed by atoms with van der Waals surface area (Å²) < 4.78 is 24.7. The van der Waals surface area contributed by atoms with E-state index >= 15 is 0 Å². The molecule has 2 fully saturated rings. The highest BCUT2D eigenvalue weighted by molar-refractivity contribution is 5.98. The molecule has 1 aromatic rings. The number of ether oxygens (including phenoxy) is 2. The monoisotopic (exact) mass is 336 g/mol. The van der Waals surface area contributed by atoms with Gasteiger partial charge in [-0.3, -0.25) is 9.59 Å². The molecule has 2 amide bonds. The number of carbonyl (C=O) groups is 2. The highest BCUT2D eigenvalue weighted by Gasteiger charge is 2.32. The van der Waals surface area contributed by atoms with Gasteiger partial charge in [-0.25, -0.2) is 4.39 Å². The molecule has 0 saturated carbocycles. The Hall–Kier alpha value is -2.15. The van der Waals surface area contributed by atoms with Crippen LogP contribution in [0.4, 0.5) is 10.1 Å². The molecule has 0 aromatic heterocycles. The Bertz CT molecular complexity index is 631. The topological polar surface area (TPSA) is 67.9 Å². The van der Waals surface area contributed by atoms with E-state index in [1.165, 1.54) is 23.1 Å². The number of amides is 2. The second kappa shape index (κ2) is 7.17. The minimum absolute atomic E-state index is 0.0275. The molecule has 2 atom stereocenters. The van der Waals surface area contributed by atoms with Crippen LogP contribution in [0.2, 0.25) is 0 Å². The lowest BCUT2D eigenvalue weighted by Crippen LogP contribution is -2.26. The van der Waals surface area contributed by atoms with Crippen LogP contribution >= 0.6 is 0 Å². The Morgan fingerprint density at radius 1 is 1.50 bits per heavy atom. The first-order chi connectivity index (χ1) is 11.5. The van der Waals surface area contributed by atoms with Crippen LogP contribution in [-0.2, 0) is 14.3 Å². The van der Waals surface area contributed by atoms with Crippen molar-refractivity contribution in [3.05, 3.63) is 24.0 Å². The van der Waals surface area contributed by atoms with E-state index in [2.05, 4.69) is 5.32 Å². The summed E-state index contributed by atoms with van der Waals surface area (Å²) in [5, 5.41) is 2.69. The molecule has 0 spiro atoms. The van der Waals surface area contributed by atoms with Crippen LogP contribution in [0.25, 0.3) is 0 Å². The number of carbonyl (C=O) groups excluding carboxylic acids is 2. The van der Waals surface area contributed by atoms with Gasteiger partial charge in [0.2, 0.25) is 11.8 Å². The molecule has 0 radical (unpaired) electrons. The van der Waals surface area contributed by atoms with Crippen molar-refractivity contribution in [2.75, 3.05) is 32.1 Å². The van der Waals surface area contributed by atoms with Crippen LogP contribution in [0.15, 0.2) is 18.2 Å². The Morgan fingerprint density at radius 2 is 2.33 bits per heavy atom. The summed E-state index contributed by atoms with van der Waals surface area (Å²) in [6.45, 7) is 1.45. The quantitative estimate of drug-likeness (QED) is 0.890. The fraction of sp³-hybridized carbons (Fsp3) is 0.529. The summed E-state index contributed by atoms with van der Waals surface area (Å²) in [6.07, 6.45) is 2.13. The number of benzene rings is 1. The molecular weight excluding hydrogens is 315 g/mol. The van der Waals surface area contributed by atoms with Crippen LogP contribution in [0.1, 0.15) is 19.3 Å². The van der Waals surface area contributed by atoms with E-state index in [0.29, 0.717) is 18.9 Å². The molecule has 130 valence electrons. The summed E-state index contributed by atoms with van der Waals surface area (Å²) in [7, 11) is 1.66. The molecule has 3 rings (SSSR count). The highest BCUT2D eigenvalue weighted by Crippen LogP contribution is 2.28. The second-order valence-corrected chi connectivity index (χ2v) is 6.25. The Balaban J connectivity index is 1.66. The molecule has 2 aliphatic rings. The first kappa shape index (κ1) is 16.7. The van der Waals surface area contributed by atoms with Crippen molar-refractivity contribution in [1.82, 2.24) is 4.90 Å². The maximum absolute atomic E-state index is 13.5. The molecular formula is C17H21FN2O4. The van der Waals surface area contributed by atoms with E-state index in [-0.39, 0.29) is 30.0 Å². The third kappa shape index (κ3) is 3.84. The third-order valence-electron chi connectivity index (χ3n) is 4.36. The molecule has 1 aromatic carbocycles. The summed E-state index contributed by atoms with van der Waals surface area (Å²) >= 11 is 0. The summed E-state index contributed by atoms with van der Waals surface area (Å²) in [5.41, 5.74) is 0.278. The van der Waals surface area contributed by atoms with Crippen molar-refractivity contribution >= 4 is 17.5 Å². The molecule has 24 heavy (non-hydrogen) atoms. The first-order valence-corrected chi connectivity index (χ1v) is 8.11. The van der Waals surface area contributed by atoms with Gasteiger partial charge in [0.05, 0.1) is 17.7 Å². The normalized spacial score (nSPS) is 23.6. The predicted molar refractivity (Wildman–Crippen MR) is 85.2 cm³/mol. The Kier molecular flexibility index (Phi) is 4.99. The number of nitrogens with one attached hydrogen (secondary N) is 1. The lowest BCUT2D eigenvalue weighted by atomic mass is 10.1. The number of rotatable bonds is 5. The van der Waals surface area contributed by atoms with Crippen molar-refractivity contribution in [3.8, 4) is 5.75 Å². The zero-order chi connectivity index (χ0) is 17.1. The average Bonchev–Trinajstić information content (AvgIpc) is 3.17. The van der Waals surface area contributed by atoms with Crippen LogP contribution in [0, 0.1) is 11.7 Å². The van der Waals surface area contributed by atoms with Gasteiger partial charge in [-0.05, 0) is 25.0 Å². The van der Waals surface area contributed by atoms with Gasteiger partial charge < -0.3 is 19.7 Å². The lowest BCUT2D eigenvalue weighted by Gasteiger charge is -2.16. The minimum atomic E-state index is -0.464. The first-order valence-electron chi connectivity index (χ1n) is 8.11. The number of likely N-dealkylation sites (tertiary alicyclic amines) is 1. The lowest BCUT2D eigenvalue weighted by molar-refractivity contribution is -0.127. The molecule has 2 saturated heterocycles. The highest BCUT2D eigenvalue weighted by atomic mass is 19.1. The zero-order valence-corrected chi connectivity index (χ0v) is 13.6. The van der Waals surface area contributed by atoms with Gasteiger partial charge in [0.15, 0.2) is 0 Å². The van der Waals surface area contributed by atoms with E-state index in [1.54, 1.807) is 7.05 Å². The molecule has 2 unspecified atom stereocenters. The number of hydrogen-bond donors (Lipinski definition) is 1. The van der Waals surface area contributed by atoms with E-state index in [1.807, 2.05) is 0 Å². The number of halogens is 1. The van der Waals surface area contributed by atoms with Gasteiger partial charge in [0, 0.05) is 32.7 Å². The molecule has 0 bridgehead atoms. The van der Waals surface area contributed by atoms with Gasteiger partial charge in [0.25, 0.3) is 0 Å². The molecule has 0 aliphatic carbocycles. The summed E-state index contributed by atoms with van der Waals surface area (Å²) in [4.78, 5) is 25.4. The maximum Gasteiger partial charge on any atom is 0.229 e. The van der Waals surface area contributed by atoms with Gasteiger partial charge in [-0.15, -0.1) is 0 Å². The van der Waals surface area contributed by atoms with Crippen molar-refractivity contribution in [3.63, 3.8) is 0 Å². The number of nitrogens with zero attached hydrogens (tertiary/aromatic N) is 1. The van der Waals surface area contributed by atoms with Gasteiger partial charge in [-0.2, -0.15) is 0 Å². The average molecular weight is 336 g/mol. The smallest absolute Gasteiger partial charge is 0.229 e. The summed E-state index contributed by atoms with van der Waals surface area (Å²) in [5.74, 6) is -0.867. The van der Waals surface area contributed by atoms with Crippen LogP contribution in [-0.4, -0.2) is 49.6 Å². The van der Waals surface area contributed by atoms with Crippen molar-refractivity contribution in [2.45, 2.75) is 25.4 Å². The van der Waals surface area contributed by atoms with E-state index in [9.17, 15) is 14.0 Å². The van der Waals surface area contributed by atoms with E-state index < -0.39 is 11.7 Å². The molecule has 6 nitrogen and oxygen atoms in total. The van der Waals surface area contributed by atoms with Crippen molar-refractivity contribution in [2.24, 2.45) is 5.92 Å². The van der Waals surface area contributed by atoms with Crippen LogP contribution in [0.5, 0.6) is 5.75 Å². The predicted octanol–water partition coefficient (Wildman–Crippen LogP) is 1.80. The number of anilines is 1. The molecule has 1 N–H and O–H groups in total. The van der Waals surface area contributed by atoms with Gasteiger partial charge in [-0.1, -0.05) is 0 Å². The Labute approximate surface area is 139 Å². The zero-order valence-electron chi connectivity index (χ0n) is 13.6. The fourth-order valence-electron chi connectivity index (χ4n) is 2.96. The van der Waals surface area contributed by atoms with Crippen LogP contribution < -0.4 is 10.1 Å². The maximum atomic E-state index is 13.5. The van der Waals surface area contributed by atoms with Crippen molar-refractivity contribution < 1.29 is 23.5 Å². The third-order valence-corrected chi connectivity index (χ3v) is 4.36. The van der Waals surface area contributed by atoms with Crippen molar-refractivity contribution in [1.29, 1.82) is 0 Å². The molecule has 2 heterocycles. The standard InChI is InChI=1S/C17H21FN2O4/c1-20-9-11(7-16(20)21)17(22)19-14-8-12(18)4-5-15(14)24-10-13-3-2-6-23-13/h4-5,8,11,13H,2-3,6-7,9-10H2,1H3,(H,19,22). The fourth-order valence-corrected chi connectivity index (χ4v) is 2.96. The van der Waals surface area contributed by atoms with E-state index in [0.717, 1.165) is 19.4 Å². The summed E-state index contributed by atoms with van der Waals surface area (Å²) in [6, 6.07) is 4.00. The molecule has 2 aliphatic heterocycles. The minimum Gasteiger partial charge on any atom is -0.489 e. The van der Waals surface area contributed by atoms with Crippen LogP contribution in [0.3, 0.4) is 0 Å². The number of hydrogen-bond acceptors (Lipinski definition) is 4. The second-order valence-electron chi connectivity index (χ2n) is 6.25. The largest absolute Gasteiger partial charge is 0.489 e. The SMILES string of the molecule is CN1CC(C(=O)Nc2cc(F)ccc2OCC2CCCO2)CC1=O. The van der Waals surface area contributed by atoms with E-state index in [4.69, 9.17) is 9.47 Å². The molecule has 7 heteroatoms. The Morgan fingerprint density at radius 3 is 3.00 bits per heavy atom.